The van der Waals surface area contributed by atoms with Gasteiger partial charge in [0.25, 0.3) is 0 Å². The maximum atomic E-state index is 11.3. The Kier molecular flexibility index (Phi) is 2.79. The number of carbonyl (C=O) groups is 2. The van der Waals surface area contributed by atoms with E-state index in [9.17, 15) is 9.59 Å². The second kappa shape index (κ2) is 4.08. The molecule has 1 saturated carbocycles. The lowest BCUT2D eigenvalue weighted by atomic mass is 10.2. The van der Waals surface area contributed by atoms with Crippen molar-refractivity contribution in [2.24, 2.45) is 5.92 Å². The van der Waals surface area contributed by atoms with Crippen molar-refractivity contribution in [1.82, 2.24) is 10.2 Å². The van der Waals surface area contributed by atoms with E-state index in [1.165, 1.54) is 0 Å². The van der Waals surface area contributed by atoms with Crippen LogP contribution in [0.1, 0.15) is 19.3 Å². The summed E-state index contributed by atoms with van der Waals surface area (Å²) in [6.45, 7) is 1.22. The van der Waals surface area contributed by atoms with Crippen molar-refractivity contribution < 1.29 is 14.3 Å². The molecule has 1 unspecified atom stereocenters. The Balaban J connectivity index is 1.62. The van der Waals surface area contributed by atoms with E-state index in [0.717, 1.165) is 12.8 Å². The molecule has 0 bridgehead atoms. The molecule has 1 atom stereocenters. The Morgan fingerprint density at radius 1 is 1.60 bits per heavy atom. The van der Waals surface area contributed by atoms with E-state index in [2.05, 4.69) is 5.32 Å². The Morgan fingerprint density at radius 3 is 2.87 bits per heavy atom. The largest absolute Gasteiger partial charge is 0.444 e. The van der Waals surface area contributed by atoms with Gasteiger partial charge in [0.2, 0.25) is 5.91 Å². The normalized spacial score (nSPS) is 25.3. The van der Waals surface area contributed by atoms with Crippen molar-refractivity contribution in [2.45, 2.75) is 25.4 Å². The number of carbonyl (C=O) groups excluding carboxylic acids is 2. The molecular weight excluding hydrogens is 196 g/mol. The van der Waals surface area contributed by atoms with Crippen LogP contribution < -0.4 is 5.32 Å². The van der Waals surface area contributed by atoms with Crippen LogP contribution in [0.15, 0.2) is 0 Å². The van der Waals surface area contributed by atoms with Crippen molar-refractivity contribution in [3.8, 4) is 0 Å². The molecule has 0 spiro atoms. The summed E-state index contributed by atoms with van der Waals surface area (Å²) >= 11 is 0. The van der Waals surface area contributed by atoms with E-state index in [1.54, 1.807) is 11.9 Å². The molecule has 1 saturated heterocycles. The van der Waals surface area contributed by atoms with Crippen LogP contribution in [0.2, 0.25) is 0 Å². The van der Waals surface area contributed by atoms with Gasteiger partial charge in [0.1, 0.15) is 6.10 Å². The summed E-state index contributed by atoms with van der Waals surface area (Å²) in [4.78, 5) is 23.8. The maximum absolute atomic E-state index is 11.3. The Morgan fingerprint density at radius 2 is 2.33 bits per heavy atom. The quantitative estimate of drug-likeness (QED) is 0.731. The first-order chi connectivity index (χ1) is 7.16. The van der Waals surface area contributed by atoms with E-state index in [1.807, 2.05) is 0 Å². The van der Waals surface area contributed by atoms with Crippen LogP contribution in [-0.4, -0.2) is 43.1 Å². The van der Waals surface area contributed by atoms with Gasteiger partial charge in [-0.1, -0.05) is 0 Å². The van der Waals surface area contributed by atoms with E-state index in [-0.39, 0.29) is 24.0 Å². The molecule has 2 aliphatic rings. The minimum atomic E-state index is -0.270. The van der Waals surface area contributed by atoms with Gasteiger partial charge in [-0.3, -0.25) is 4.79 Å². The molecule has 0 aromatic carbocycles. The van der Waals surface area contributed by atoms with Gasteiger partial charge >= 0.3 is 6.09 Å². The summed E-state index contributed by atoms with van der Waals surface area (Å²) < 4.78 is 5.07. The second-order valence-electron chi connectivity index (χ2n) is 4.24. The highest BCUT2D eigenvalue weighted by Crippen LogP contribution is 2.28. The van der Waals surface area contributed by atoms with Crippen molar-refractivity contribution in [2.75, 3.05) is 20.1 Å². The van der Waals surface area contributed by atoms with Crippen LogP contribution in [0, 0.1) is 5.92 Å². The first-order valence-corrected chi connectivity index (χ1v) is 5.36. The van der Waals surface area contributed by atoms with Crippen molar-refractivity contribution in [3.05, 3.63) is 0 Å². The topological polar surface area (TPSA) is 58.6 Å². The van der Waals surface area contributed by atoms with Gasteiger partial charge in [0.15, 0.2) is 0 Å². The van der Waals surface area contributed by atoms with Crippen LogP contribution in [0.25, 0.3) is 0 Å². The minimum Gasteiger partial charge on any atom is -0.444 e. The summed E-state index contributed by atoms with van der Waals surface area (Å²) in [6.07, 6.45) is 2.41. The van der Waals surface area contributed by atoms with Gasteiger partial charge in [-0.25, -0.2) is 4.79 Å². The fraction of sp³-hybridized carbons (Fsp3) is 0.800. The smallest absolute Gasteiger partial charge is 0.409 e. The number of ether oxygens (including phenoxy) is 1. The third-order valence-corrected chi connectivity index (χ3v) is 2.77. The molecule has 15 heavy (non-hydrogen) atoms. The van der Waals surface area contributed by atoms with Crippen LogP contribution in [-0.2, 0) is 9.53 Å². The minimum absolute atomic E-state index is 0.0676. The van der Waals surface area contributed by atoms with Gasteiger partial charge in [-0.05, 0) is 12.8 Å². The zero-order valence-electron chi connectivity index (χ0n) is 8.86. The van der Waals surface area contributed by atoms with Gasteiger partial charge in [-0.2, -0.15) is 0 Å². The predicted molar refractivity (Wildman–Crippen MR) is 53.2 cm³/mol. The molecular formula is C10H16N2O3. The van der Waals surface area contributed by atoms with Gasteiger partial charge in [0, 0.05) is 25.9 Å². The summed E-state index contributed by atoms with van der Waals surface area (Å²) in [5.41, 5.74) is 0. The molecule has 2 rings (SSSR count). The lowest BCUT2D eigenvalue weighted by Gasteiger charge is -2.08. The molecule has 1 heterocycles. The predicted octanol–water partition coefficient (Wildman–Crippen LogP) is 0.353. The molecule has 5 nitrogen and oxygen atoms in total. The molecule has 5 heteroatoms. The van der Waals surface area contributed by atoms with Crippen LogP contribution in [0.5, 0.6) is 0 Å². The van der Waals surface area contributed by atoms with Gasteiger partial charge < -0.3 is 15.0 Å². The van der Waals surface area contributed by atoms with Gasteiger partial charge in [-0.15, -0.1) is 0 Å². The van der Waals surface area contributed by atoms with Crippen molar-refractivity contribution >= 4 is 12.0 Å². The van der Waals surface area contributed by atoms with Crippen LogP contribution >= 0.6 is 0 Å². The summed E-state index contributed by atoms with van der Waals surface area (Å²) in [5.74, 6) is 0.395. The fourth-order valence-electron chi connectivity index (χ4n) is 1.65. The first kappa shape index (κ1) is 10.3. The number of amides is 2. The number of likely N-dealkylation sites (N-methyl/N-ethyl adjacent to an activating group) is 1. The molecule has 84 valence electrons. The number of cyclic esters (lactones) is 1. The molecule has 2 fully saturated rings. The molecule has 1 N–H and O–H groups in total. The zero-order valence-corrected chi connectivity index (χ0v) is 8.86. The van der Waals surface area contributed by atoms with E-state index in [0.29, 0.717) is 19.5 Å². The van der Waals surface area contributed by atoms with Crippen LogP contribution in [0.4, 0.5) is 4.79 Å². The highest BCUT2D eigenvalue weighted by molar-refractivity contribution is 5.80. The van der Waals surface area contributed by atoms with Crippen molar-refractivity contribution in [1.29, 1.82) is 0 Å². The number of nitrogens with one attached hydrogen (secondary N) is 1. The van der Waals surface area contributed by atoms with Gasteiger partial charge in [0.05, 0.1) is 6.54 Å². The Hall–Kier alpha value is -1.26. The second-order valence-corrected chi connectivity index (χ2v) is 4.24. The number of hydrogen-bond donors (Lipinski definition) is 1. The monoisotopic (exact) mass is 212 g/mol. The number of nitrogens with zero attached hydrogens (tertiary/aromatic N) is 1. The summed E-state index contributed by atoms with van der Waals surface area (Å²) in [5, 5.41) is 2.85. The van der Waals surface area contributed by atoms with E-state index >= 15 is 0 Å². The summed E-state index contributed by atoms with van der Waals surface area (Å²) in [6, 6.07) is 0. The number of hydrogen-bond acceptors (Lipinski definition) is 3. The molecule has 0 aromatic rings. The average molecular weight is 212 g/mol. The molecule has 1 aliphatic heterocycles. The third kappa shape index (κ3) is 2.61. The third-order valence-electron chi connectivity index (χ3n) is 2.77. The molecule has 0 aromatic heterocycles. The molecule has 1 aliphatic carbocycles. The first-order valence-electron chi connectivity index (χ1n) is 5.36. The Bertz CT molecular complexity index is 276. The summed E-state index contributed by atoms with van der Waals surface area (Å²) in [7, 11) is 1.71. The SMILES string of the molecule is CN1CC(CCNC(=O)C2CC2)OC1=O. The zero-order chi connectivity index (χ0) is 10.8. The van der Waals surface area contributed by atoms with E-state index in [4.69, 9.17) is 4.74 Å². The van der Waals surface area contributed by atoms with Crippen molar-refractivity contribution in [3.63, 3.8) is 0 Å². The molecule has 0 radical (unpaired) electrons. The highest BCUT2D eigenvalue weighted by Gasteiger charge is 2.30. The lowest BCUT2D eigenvalue weighted by Crippen LogP contribution is -2.29. The van der Waals surface area contributed by atoms with Crippen LogP contribution in [0.3, 0.4) is 0 Å². The number of rotatable bonds is 4. The lowest BCUT2D eigenvalue weighted by molar-refractivity contribution is -0.122. The van der Waals surface area contributed by atoms with E-state index < -0.39 is 0 Å². The maximum Gasteiger partial charge on any atom is 0.409 e. The fourth-order valence-corrected chi connectivity index (χ4v) is 1.65. The average Bonchev–Trinajstić information content (AvgIpc) is 2.96. The standard InChI is InChI=1S/C10H16N2O3/c1-12-6-8(15-10(12)14)4-5-11-9(13)7-2-3-7/h7-8H,2-6H2,1H3,(H,11,13). The molecule has 2 amide bonds. The Labute approximate surface area is 88.8 Å². The highest BCUT2D eigenvalue weighted by atomic mass is 16.6.